The Labute approximate surface area is 222 Å². The lowest BCUT2D eigenvalue weighted by molar-refractivity contribution is 0.102. The lowest BCUT2D eigenvalue weighted by atomic mass is 9.94. The maximum absolute atomic E-state index is 13.8. The van der Waals surface area contributed by atoms with Gasteiger partial charge >= 0.3 is 0 Å². The van der Waals surface area contributed by atoms with E-state index in [4.69, 9.17) is 11.5 Å². The molecule has 0 spiro atoms. The van der Waals surface area contributed by atoms with Crippen molar-refractivity contribution in [3.63, 3.8) is 0 Å². The summed E-state index contributed by atoms with van der Waals surface area (Å²) in [7, 11) is 0. The summed E-state index contributed by atoms with van der Waals surface area (Å²) in [5.74, 6) is 0.552. The summed E-state index contributed by atoms with van der Waals surface area (Å²) in [6, 6.07) is 16.3. The molecule has 0 radical (unpaired) electrons. The van der Waals surface area contributed by atoms with E-state index >= 15 is 0 Å². The summed E-state index contributed by atoms with van der Waals surface area (Å²) < 4.78 is 13.8. The second-order valence-corrected chi connectivity index (χ2v) is 10.0. The van der Waals surface area contributed by atoms with Gasteiger partial charge in [-0.2, -0.15) is 0 Å². The van der Waals surface area contributed by atoms with Gasteiger partial charge in [-0.05, 0) is 80.9 Å². The summed E-state index contributed by atoms with van der Waals surface area (Å²) in [5.41, 5.74) is 16.5. The van der Waals surface area contributed by atoms with Gasteiger partial charge in [0.05, 0.1) is 17.9 Å². The molecule has 1 aliphatic rings. The van der Waals surface area contributed by atoms with Gasteiger partial charge in [0.1, 0.15) is 17.7 Å². The van der Waals surface area contributed by atoms with E-state index in [1.165, 1.54) is 6.20 Å². The number of carbonyl (C=O) groups excluding carboxylic acids is 1. The predicted molar refractivity (Wildman–Crippen MR) is 153 cm³/mol. The monoisotopic (exact) mass is 515 g/mol. The van der Waals surface area contributed by atoms with Crippen LogP contribution in [0.15, 0.2) is 72.4 Å². The molecule has 9 heteroatoms. The van der Waals surface area contributed by atoms with Gasteiger partial charge in [0.2, 0.25) is 0 Å². The Bertz CT molecular complexity index is 1380. The van der Waals surface area contributed by atoms with E-state index in [9.17, 15) is 9.18 Å². The van der Waals surface area contributed by atoms with E-state index < -0.39 is 11.7 Å². The molecule has 0 saturated carbocycles. The number of hydrogen-bond acceptors (Lipinski definition) is 6. The number of aromatic nitrogens is 1. The number of benzene rings is 2. The minimum Gasteiger partial charge on any atom is -0.382 e. The first-order valence-electron chi connectivity index (χ1n) is 12.5. The third-order valence-electron chi connectivity index (χ3n) is 6.41. The first-order valence-corrected chi connectivity index (χ1v) is 12.5. The molecule has 198 valence electrons. The van der Waals surface area contributed by atoms with Crippen molar-refractivity contribution < 1.29 is 9.18 Å². The molecule has 1 aromatic heterocycles. The highest BCUT2D eigenvalue weighted by Crippen LogP contribution is 2.27. The van der Waals surface area contributed by atoms with Gasteiger partial charge in [0.15, 0.2) is 5.84 Å². The molecule has 2 heterocycles. The van der Waals surface area contributed by atoms with E-state index in [1.54, 1.807) is 18.2 Å². The lowest BCUT2D eigenvalue weighted by Gasteiger charge is -2.19. The average molecular weight is 516 g/mol. The van der Waals surface area contributed by atoms with Gasteiger partial charge in [-0.1, -0.05) is 24.8 Å². The normalized spacial score (nSPS) is 15.9. The second kappa shape index (κ2) is 11.0. The number of rotatable bonds is 8. The molecule has 1 fully saturated rings. The Balaban J connectivity index is 1.62. The fourth-order valence-corrected chi connectivity index (χ4v) is 4.23. The van der Waals surface area contributed by atoms with E-state index in [2.05, 4.69) is 27.2 Å². The number of nitrogens with two attached hydrogens (primary N) is 2. The second-order valence-electron chi connectivity index (χ2n) is 10.0. The van der Waals surface area contributed by atoms with Crippen molar-refractivity contribution in [3.8, 4) is 0 Å². The predicted octanol–water partition coefficient (Wildman–Crippen LogP) is 4.98. The Morgan fingerprint density at radius 1 is 1.24 bits per heavy atom. The van der Waals surface area contributed by atoms with Gasteiger partial charge in [-0.3, -0.25) is 4.79 Å². The van der Waals surface area contributed by atoms with Crippen molar-refractivity contribution in [1.82, 2.24) is 4.98 Å². The average Bonchev–Trinajstić information content (AvgIpc) is 3.32. The number of carbonyl (C=O) groups is 1. The number of alkyl halides is 1. The molecule has 1 saturated heterocycles. The molecule has 6 N–H and O–H groups in total. The molecular weight excluding hydrogens is 481 g/mol. The third kappa shape index (κ3) is 6.18. The molecule has 3 aromatic rings. The van der Waals surface area contributed by atoms with Crippen molar-refractivity contribution in [2.45, 2.75) is 38.9 Å². The van der Waals surface area contributed by atoms with E-state index in [0.29, 0.717) is 53.6 Å². The quantitative estimate of drug-likeness (QED) is 0.248. The number of anilines is 3. The molecule has 0 bridgehead atoms. The number of aliphatic imine (C=N–C) groups is 1. The van der Waals surface area contributed by atoms with Crippen molar-refractivity contribution in [3.05, 3.63) is 89.8 Å². The van der Waals surface area contributed by atoms with Crippen LogP contribution < -0.4 is 27.0 Å². The first kappa shape index (κ1) is 26.8. The standard InChI is InChI=1S/C29H34FN7O/c1-5-33-23-11-12-25(37-14-13-21(30)17-37)36-26(23)27(31)35-24-16-22(10-9-18(24)2)34-28(38)19-7-6-8-20(15-19)29(3,4)32/h5-12,15-16,21,33H,1,13-14,17,32H2,2-4H3,(H2,31,35)(H,34,38)/t21-/m0/s1. The molecule has 2 aromatic carbocycles. The SMILES string of the molecule is C=CNc1ccc(N2CC[C@H](F)C2)nc1C(N)=Nc1cc(NC(=O)c2cccc(C(C)(C)N)c2)ccc1C. The number of halogens is 1. The van der Waals surface area contributed by atoms with Crippen LogP contribution in [0.2, 0.25) is 0 Å². The maximum atomic E-state index is 13.8. The zero-order valence-electron chi connectivity index (χ0n) is 22.0. The molecule has 1 aliphatic heterocycles. The molecular formula is C29H34FN7O. The van der Waals surface area contributed by atoms with E-state index in [1.807, 2.05) is 62.1 Å². The number of amides is 1. The van der Waals surface area contributed by atoms with Crippen LogP contribution in [0.1, 0.15) is 47.4 Å². The van der Waals surface area contributed by atoms with Gasteiger partial charge in [-0.25, -0.2) is 14.4 Å². The molecule has 1 amide bonds. The number of amidine groups is 1. The molecule has 8 nitrogen and oxygen atoms in total. The molecule has 1 atom stereocenters. The van der Waals surface area contributed by atoms with Crippen molar-refractivity contribution >= 4 is 34.6 Å². The molecule has 0 unspecified atom stereocenters. The topological polar surface area (TPSA) is 122 Å². The van der Waals surface area contributed by atoms with Crippen LogP contribution >= 0.6 is 0 Å². The smallest absolute Gasteiger partial charge is 0.255 e. The molecule has 0 aliphatic carbocycles. The van der Waals surface area contributed by atoms with Gasteiger partial charge in [0.25, 0.3) is 5.91 Å². The van der Waals surface area contributed by atoms with Crippen LogP contribution in [-0.4, -0.2) is 36.0 Å². The van der Waals surface area contributed by atoms with Crippen LogP contribution in [0, 0.1) is 6.92 Å². The Morgan fingerprint density at radius 3 is 2.71 bits per heavy atom. The molecule has 4 rings (SSSR count). The van der Waals surface area contributed by atoms with Crippen LogP contribution in [0.3, 0.4) is 0 Å². The minimum atomic E-state index is -0.873. The fourth-order valence-electron chi connectivity index (χ4n) is 4.23. The fraction of sp³-hybridized carbons (Fsp3) is 0.276. The highest BCUT2D eigenvalue weighted by atomic mass is 19.1. The Morgan fingerprint density at radius 2 is 2.03 bits per heavy atom. The van der Waals surface area contributed by atoms with Crippen molar-refractivity contribution in [2.24, 2.45) is 16.5 Å². The Hall–Kier alpha value is -4.24. The van der Waals surface area contributed by atoms with Crippen molar-refractivity contribution in [1.29, 1.82) is 0 Å². The summed E-state index contributed by atoms with van der Waals surface area (Å²) in [6.07, 6.45) is 1.13. The maximum Gasteiger partial charge on any atom is 0.255 e. The highest BCUT2D eigenvalue weighted by molar-refractivity contribution is 6.05. The summed E-state index contributed by atoms with van der Waals surface area (Å²) in [4.78, 5) is 24.2. The van der Waals surface area contributed by atoms with Crippen LogP contribution in [-0.2, 0) is 5.54 Å². The highest BCUT2D eigenvalue weighted by Gasteiger charge is 2.24. The number of pyridine rings is 1. The van der Waals surface area contributed by atoms with Crippen LogP contribution in [0.4, 0.5) is 27.3 Å². The lowest BCUT2D eigenvalue weighted by Crippen LogP contribution is -2.29. The largest absolute Gasteiger partial charge is 0.382 e. The summed E-state index contributed by atoms with van der Waals surface area (Å²) in [5, 5.41) is 5.96. The number of hydrogen-bond donors (Lipinski definition) is 4. The number of aryl methyl sites for hydroxylation is 1. The number of nitrogens with one attached hydrogen (secondary N) is 2. The van der Waals surface area contributed by atoms with Crippen molar-refractivity contribution in [2.75, 3.05) is 28.6 Å². The minimum absolute atomic E-state index is 0.177. The van der Waals surface area contributed by atoms with Crippen LogP contribution in [0.25, 0.3) is 0 Å². The zero-order valence-corrected chi connectivity index (χ0v) is 22.0. The first-order chi connectivity index (χ1) is 18.0. The van der Waals surface area contributed by atoms with Crippen LogP contribution in [0.5, 0.6) is 0 Å². The summed E-state index contributed by atoms with van der Waals surface area (Å²) in [6.45, 7) is 10.3. The Kier molecular flexibility index (Phi) is 7.78. The molecule has 38 heavy (non-hydrogen) atoms. The summed E-state index contributed by atoms with van der Waals surface area (Å²) >= 11 is 0. The van der Waals surface area contributed by atoms with Gasteiger partial charge in [-0.15, -0.1) is 0 Å². The third-order valence-corrected chi connectivity index (χ3v) is 6.41. The van der Waals surface area contributed by atoms with E-state index in [-0.39, 0.29) is 11.7 Å². The van der Waals surface area contributed by atoms with Gasteiger partial charge < -0.3 is 27.0 Å². The zero-order chi connectivity index (χ0) is 27.4. The number of nitrogens with zero attached hydrogens (tertiary/aromatic N) is 3. The van der Waals surface area contributed by atoms with E-state index in [0.717, 1.165) is 11.1 Å². The van der Waals surface area contributed by atoms with Gasteiger partial charge in [0, 0.05) is 23.3 Å².